The predicted octanol–water partition coefficient (Wildman–Crippen LogP) is 4.85. The zero-order valence-electron chi connectivity index (χ0n) is 19.2. The lowest BCUT2D eigenvalue weighted by Crippen LogP contribution is -2.48. The molecule has 3 aromatic rings. The van der Waals surface area contributed by atoms with Crippen LogP contribution >= 0.6 is 11.3 Å². The monoisotopic (exact) mass is 469 g/mol. The van der Waals surface area contributed by atoms with Crippen LogP contribution in [0.25, 0.3) is 0 Å². The van der Waals surface area contributed by atoms with Gasteiger partial charge in [0.05, 0.1) is 10.6 Å². The normalized spacial score (nSPS) is 15.8. The highest BCUT2D eigenvalue weighted by atomic mass is 32.2. The van der Waals surface area contributed by atoms with Crippen molar-refractivity contribution in [2.45, 2.75) is 44.4 Å². The summed E-state index contributed by atoms with van der Waals surface area (Å²) < 4.78 is 27.8. The summed E-state index contributed by atoms with van der Waals surface area (Å²) >= 11 is 1.63. The van der Waals surface area contributed by atoms with Gasteiger partial charge in [-0.25, -0.2) is 13.4 Å². The van der Waals surface area contributed by atoms with Crippen LogP contribution in [0.1, 0.15) is 43.2 Å². The van der Waals surface area contributed by atoms with Crippen LogP contribution in [-0.2, 0) is 21.9 Å². The first-order valence-electron chi connectivity index (χ1n) is 11.0. The van der Waals surface area contributed by atoms with E-state index >= 15 is 0 Å². The van der Waals surface area contributed by atoms with Crippen LogP contribution < -0.4 is 4.90 Å². The fourth-order valence-corrected chi connectivity index (χ4v) is 6.13. The van der Waals surface area contributed by atoms with E-state index in [4.69, 9.17) is 4.98 Å². The second kappa shape index (κ2) is 8.96. The average molecular weight is 470 g/mol. The minimum absolute atomic E-state index is 0.0000673. The molecule has 2 aromatic carbocycles. The van der Waals surface area contributed by atoms with Gasteiger partial charge in [-0.05, 0) is 35.6 Å². The number of thiazole rings is 1. The van der Waals surface area contributed by atoms with E-state index in [0.29, 0.717) is 31.1 Å². The molecule has 0 unspecified atom stereocenters. The molecule has 0 N–H and O–H groups in total. The van der Waals surface area contributed by atoms with Crippen molar-refractivity contribution < 1.29 is 8.42 Å². The minimum Gasteiger partial charge on any atom is -0.345 e. The third-order valence-corrected chi connectivity index (χ3v) is 8.78. The molecule has 7 heteroatoms. The summed E-state index contributed by atoms with van der Waals surface area (Å²) in [7, 11) is -3.48. The maximum Gasteiger partial charge on any atom is 0.243 e. The molecule has 0 amide bonds. The van der Waals surface area contributed by atoms with E-state index in [2.05, 4.69) is 62.2 Å². The molecule has 0 radical (unpaired) electrons. The van der Waals surface area contributed by atoms with Crippen molar-refractivity contribution in [1.29, 1.82) is 0 Å². The summed E-state index contributed by atoms with van der Waals surface area (Å²) in [5, 5.41) is 3.08. The van der Waals surface area contributed by atoms with Crippen LogP contribution in [0.2, 0.25) is 0 Å². The molecule has 2 heterocycles. The predicted molar refractivity (Wildman–Crippen MR) is 132 cm³/mol. The molecule has 1 aliphatic rings. The number of sulfonamides is 1. The fraction of sp³-hybridized carbons (Fsp3) is 0.400. The molecule has 0 aliphatic carbocycles. The van der Waals surface area contributed by atoms with Crippen LogP contribution in [0.5, 0.6) is 0 Å². The van der Waals surface area contributed by atoms with Crippen LogP contribution in [0.4, 0.5) is 5.13 Å². The molecule has 1 fully saturated rings. The van der Waals surface area contributed by atoms with Crippen molar-refractivity contribution in [3.63, 3.8) is 0 Å². The van der Waals surface area contributed by atoms with Gasteiger partial charge in [-0.2, -0.15) is 4.31 Å². The summed E-state index contributed by atoms with van der Waals surface area (Å²) in [5.74, 6) is 0. The number of rotatable bonds is 5. The molecule has 0 spiro atoms. The third kappa shape index (κ3) is 5.05. The molecule has 1 saturated heterocycles. The number of hydrogen-bond donors (Lipinski definition) is 0. The standard InChI is InChI=1S/C25H31N3O2S2/c1-19-5-7-20(8-6-19)17-22-18-31-24(26-22)27-13-15-28(16-14-27)32(29,30)23-11-9-21(10-12-23)25(2,3)4/h5-12,18H,13-17H2,1-4H3. The first-order valence-corrected chi connectivity index (χ1v) is 13.3. The smallest absolute Gasteiger partial charge is 0.243 e. The molecule has 0 saturated carbocycles. The van der Waals surface area contributed by atoms with E-state index in [1.807, 2.05) is 12.1 Å². The third-order valence-electron chi connectivity index (χ3n) is 5.91. The van der Waals surface area contributed by atoms with E-state index in [-0.39, 0.29) is 5.41 Å². The van der Waals surface area contributed by atoms with Gasteiger partial charge in [0.15, 0.2) is 5.13 Å². The van der Waals surface area contributed by atoms with Crippen LogP contribution in [0, 0.1) is 6.92 Å². The van der Waals surface area contributed by atoms with E-state index in [1.165, 1.54) is 11.1 Å². The quantitative estimate of drug-likeness (QED) is 0.536. The Morgan fingerprint density at radius 1 is 0.938 bits per heavy atom. The topological polar surface area (TPSA) is 53.5 Å². The van der Waals surface area contributed by atoms with Gasteiger partial charge < -0.3 is 4.90 Å². The first-order chi connectivity index (χ1) is 15.1. The van der Waals surface area contributed by atoms with Gasteiger partial charge in [-0.1, -0.05) is 62.7 Å². The van der Waals surface area contributed by atoms with E-state index < -0.39 is 10.0 Å². The first kappa shape index (κ1) is 23.0. The molecule has 170 valence electrons. The Morgan fingerprint density at radius 3 is 2.16 bits per heavy atom. The van der Waals surface area contributed by atoms with Crippen LogP contribution in [0.3, 0.4) is 0 Å². The largest absolute Gasteiger partial charge is 0.345 e. The van der Waals surface area contributed by atoms with E-state index in [9.17, 15) is 8.42 Å². The number of aromatic nitrogens is 1. The number of hydrogen-bond acceptors (Lipinski definition) is 5. The van der Waals surface area contributed by atoms with Crippen molar-refractivity contribution >= 4 is 26.5 Å². The maximum absolute atomic E-state index is 13.1. The van der Waals surface area contributed by atoms with Gasteiger partial charge in [0.2, 0.25) is 10.0 Å². The second-order valence-corrected chi connectivity index (χ2v) is 12.2. The number of aryl methyl sites for hydroxylation is 1. The van der Waals surface area contributed by atoms with Gasteiger partial charge in [-0.15, -0.1) is 11.3 Å². The maximum atomic E-state index is 13.1. The van der Waals surface area contributed by atoms with Gasteiger partial charge in [0, 0.05) is 38.0 Å². The molecular formula is C25H31N3O2S2. The van der Waals surface area contributed by atoms with E-state index in [0.717, 1.165) is 22.8 Å². The van der Waals surface area contributed by atoms with Crippen LogP contribution in [-0.4, -0.2) is 43.9 Å². The zero-order chi connectivity index (χ0) is 22.9. The van der Waals surface area contributed by atoms with Gasteiger partial charge >= 0.3 is 0 Å². The average Bonchev–Trinajstić information content (AvgIpc) is 3.23. The van der Waals surface area contributed by atoms with Gasteiger partial charge in [0.1, 0.15) is 0 Å². The fourth-order valence-electron chi connectivity index (χ4n) is 3.83. The molecule has 0 atom stereocenters. The summed E-state index contributed by atoms with van der Waals surface area (Å²) in [6.45, 7) is 10.7. The Kier molecular flexibility index (Phi) is 6.43. The van der Waals surface area contributed by atoms with Gasteiger partial charge in [-0.3, -0.25) is 0 Å². The molecular weight excluding hydrogens is 438 g/mol. The number of anilines is 1. The lowest BCUT2D eigenvalue weighted by molar-refractivity contribution is 0.384. The molecule has 4 rings (SSSR count). The van der Waals surface area contributed by atoms with Crippen molar-refractivity contribution in [2.75, 3.05) is 31.1 Å². The van der Waals surface area contributed by atoms with Crippen LogP contribution in [0.15, 0.2) is 58.8 Å². The Morgan fingerprint density at radius 2 is 1.56 bits per heavy atom. The number of piperazine rings is 1. The molecule has 1 aliphatic heterocycles. The molecule has 0 bridgehead atoms. The molecule has 5 nitrogen and oxygen atoms in total. The molecule has 1 aromatic heterocycles. The SMILES string of the molecule is Cc1ccc(Cc2csc(N3CCN(S(=O)(=O)c4ccc(C(C)(C)C)cc4)CC3)n2)cc1. The highest BCUT2D eigenvalue weighted by molar-refractivity contribution is 7.89. The summed E-state index contributed by atoms with van der Waals surface area (Å²) in [4.78, 5) is 7.37. The minimum atomic E-state index is -3.48. The van der Waals surface area contributed by atoms with Crippen molar-refractivity contribution in [3.8, 4) is 0 Å². The summed E-state index contributed by atoms with van der Waals surface area (Å²) in [6, 6.07) is 15.9. The Hall–Kier alpha value is -2.22. The van der Waals surface area contributed by atoms with E-state index in [1.54, 1.807) is 27.8 Å². The lowest BCUT2D eigenvalue weighted by Gasteiger charge is -2.33. The Labute approximate surface area is 195 Å². The number of benzene rings is 2. The Balaban J connectivity index is 1.38. The van der Waals surface area contributed by atoms with Crippen molar-refractivity contribution in [2.24, 2.45) is 0 Å². The summed E-state index contributed by atoms with van der Waals surface area (Å²) in [5.41, 5.74) is 4.70. The second-order valence-electron chi connectivity index (χ2n) is 9.45. The zero-order valence-corrected chi connectivity index (χ0v) is 20.8. The summed E-state index contributed by atoms with van der Waals surface area (Å²) in [6.07, 6.45) is 0.815. The van der Waals surface area contributed by atoms with Crippen molar-refractivity contribution in [1.82, 2.24) is 9.29 Å². The Bertz CT molecular complexity index is 1150. The molecule has 32 heavy (non-hydrogen) atoms. The lowest BCUT2D eigenvalue weighted by atomic mass is 9.87. The number of nitrogens with zero attached hydrogens (tertiary/aromatic N) is 3. The van der Waals surface area contributed by atoms with Crippen molar-refractivity contribution in [3.05, 3.63) is 76.3 Å². The highest BCUT2D eigenvalue weighted by Gasteiger charge is 2.29. The van der Waals surface area contributed by atoms with Gasteiger partial charge in [0.25, 0.3) is 0 Å². The highest BCUT2D eigenvalue weighted by Crippen LogP contribution is 2.27.